The van der Waals surface area contributed by atoms with Crippen molar-refractivity contribution in [2.45, 2.75) is 13.5 Å². The summed E-state index contributed by atoms with van der Waals surface area (Å²) < 4.78 is 47.3. The van der Waals surface area contributed by atoms with E-state index in [2.05, 4.69) is 5.32 Å². The molecule has 0 saturated heterocycles. The Hall–Kier alpha value is -4.40. The highest BCUT2D eigenvalue weighted by atomic mass is 19.2. The number of carbonyl (C=O) groups is 2. The number of nitrogens with one attached hydrogen (secondary N) is 1. The molecule has 0 atom stereocenters. The fourth-order valence-electron chi connectivity index (χ4n) is 3.62. The summed E-state index contributed by atoms with van der Waals surface area (Å²) in [6.45, 7) is 1.88. The summed E-state index contributed by atoms with van der Waals surface area (Å²) in [6.07, 6.45) is 1.23. The second kappa shape index (κ2) is 9.84. The molecule has 6 nitrogen and oxygen atoms in total. The maximum atomic E-state index is 13.9. The van der Waals surface area contributed by atoms with Gasteiger partial charge in [-0.25, -0.2) is 13.2 Å². The number of amides is 1. The van der Waals surface area contributed by atoms with Crippen molar-refractivity contribution in [1.82, 2.24) is 4.57 Å². The third-order valence-corrected chi connectivity index (χ3v) is 5.23. The molecule has 0 spiro atoms. The first kappa shape index (κ1) is 23.7. The number of ketones is 1. The molecule has 1 amide bonds. The van der Waals surface area contributed by atoms with Crippen LogP contribution in [0.3, 0.4) is 0 Å². The molecule has 178 valence electrons. The summed E-state index contributed by atoms with van der Waals surface area (Å²) in [7, 11) is 0. The van der Waals surface area contributed by atoms with Crippen LogP contribution in [-0.4, -0.2) is 22.9 Å². The molecule has 1 heterocycles. The molecule has 1 aromatic heterocycles. The zero-order chi connectivity index (χ0) is 25.1. The number of benzene rings is 3. The van der Waals surface area contributed by atoms with E-state index in [9.17, 15) is 27.6 Å². The predicted molar refractivity (Wildman–Crippen MR) is 124 cm³/mol. The number of rotatable bonds is 7. The topological polar surface area (TPSA) is 77.4 Å². The van der Waals surface area contributed by atoms with Gasteiger partial charge in [0.25, 0.3) is 0 Å². The normalized spacial score (nSPS) is 10.9. The van der Waals surface area contributed by atoms with Crippen LogP contribution in [0.2, 0.25) is 0 Å². The summed E-state index contributed by atoms with van der Waals surface area (Å²) >= 11 is 0. The van der Waals surface area contributed by atoms with Crippen LogP contribution in [0, 0.1) is 17.5 Å². The fraction of sp³-hybridized carbons (Fsp3) is 0.115. The van der Waals surface area contributed by atoms with E-state index >= 15 is 0 Å². The summed E-state index contributed by atoms with van der Waals surface area (Å²) in [4.78, 5) is 38.8. The van der Waals surface area contributed by atoms with Gasteiger partial charge in [0.2, 0.25) is 11.3 Å². The van der Waals surface area contributed by atoms with Crippen LogP contribution in [0.1, 0.15) is 22.8 Å². The molecule has 4 aromatic rings. The second-order valence-electron chi connectivity index (χ2n) is 7.62. The van der Waals surface area contributed by atoms with Crippen LogP contribution in [0.4, 0.5) is 18.9 Å². The molecule has 0 saturated carbocycles. The third kappa shape index (κ3) is 5.08. The van der Waals surface area contributed by atoms with Gasteiger partial charge in [0.05, 0.1) is 17.7 Å². The molecule has 1 N–H and O–H groups in total. The maximum Gasteiger partial charge on any atom is 0.244 e. The molecule has 0 bridgehead atoms. The van der Waals surface area contributed by atoms with Gasteiger partial charge in [-0.1, -0.05) is 0 Å². The lowest BCUT2D eigenvalue weighted by Gasteiger charge is -2.14. The standard InChI is InChI=1S/C26H19F3N2O4/c1-2-35-18-7-3-15(4-8-18)25(33)20-13-31(23-10-5-16(27)11-19(23)26(20)34)14-24(32)30-17-6-9-21(28)22(29)12-17/h3-13H,2,14H2,1H3,(H,30,32). The maximum absolute atomic E-state index is 13.9. The molecule has 35 heavy (non-hydrogen) atoms. The van der Waals surface area contributed by atoms with Gasteiger partial charge in [-0.3, -0.25) is 14.4 Å². The number of nitrogens with zero attached hydrogens (tertiary/aromatic N) is 1. The summed E-state index contributed by atoms with van der Waals surface area (Å²) in [6, 6.07) is 12.5. The number of aromatic nitrogens is 1. The average Bonchev–Trinajstić information content (AvgIpc) is 2.83. The van der Waals surface area contributed by atoms with E-state index in [-0.39, 0.29) is 34.3 Å². The van der Waals surface area contributed by atoms with Gasteiger partial charge >= 0.3 is 0 Å². The van der Waals surface area contributed by atoms with E-state index in [0.717, 1.165) is 24.3 Å². The summed E-state index contributed by atoms with van der Waals surface area (Å²) in [5.74, 6) is -3.57. The molecular formula is C26H19F3N2O4. The molecule has 0 fully saturated rings. The first-order valence-electron chi connectivity index (χ1n) is 10.6. The van der Waals surface area contributed by atoms with Crippen molar-refractivity contribution in [1.29, 1.82) is 0 Å². The summed E-state index contributed by atoms with van der Waals surface area (Å²) in [5, 5.41) is 2.35. The number of carbonyl (C=O) groups excluding carboxylic acids is 2. The van der Waals surface area contributed by atoms with Crippen molar-refractivity contribution in [3.63, 3.8) is 0 Å². The number of anilines is 1. The zero-order valence-corrected chi connectivity index (χ0v) is 18.5. The smallest absolute Gasteiger partial charge is 0.244 e. The zero-order valence-electron chi connectivity index (χ0n) is 18.5. The van der Waals surface area contributed by atoms with Gasteiger partial charge in [0.1, 0.15) is 18.1 Å². The second-order valence-corrected chi connectivity index (χ2v) is 7.62. The Morgan fingerprint density at radius 2 is 1.69 bits per heavy atom. The van der Waals surface area contributed by atoms with Gasteiger partial charge in [-0.05, 0) is 61.5 Å². The molecule has 0 unspecified atom stereocenters. The highest BCUT2D eigenvalue weighted by molar-refractivity contribution is 6.10. The minimum absolute atomic E-state index is 0.0241. The van der Waals surface area contributed by atoms with E-state index < -0.39 is 34.6 Å². The first-order valence-corrected chi connectivity index (χ1v) is 10.6. The highest BCUT2D eigenvalue weighted by Crippen LogP contribution is 2.19. The average molecular weight is 480 g/mol. The summed E-state index contributed by atoms with van der Waals surface area (Å²) in [5.41, 5.74) is -0.487. The van der Waals surface area contributed by atoms with E-state index in [0.29, 0.717) is 12.4 Å². The lowest BCUT2D eigenvalue weighted by Crippen LogP contribution is -2.24. The first-order chi connectivity index (χ1) is 16.8. The van der Waals surface area contributed by atoms with Crippen molar-refractivity contribution >= 4 is 28.3 Å². The Bertz CT molecular complexity index is 1500. The number of hydrogen-bond acceptors (Lipinski definition) is 4. The van der Waals surface area contributed by atoms with Gasteiger partial charge in [0.15, 0.2) is 17.4 Å². The number of ether oxygens (including phenoxy) is 1. The number of hydrogen-bond donors (Lipinski definition) is 1. The largest absolute Gasteiger partial charge is 0.494 e. The van der Waals surface area contributed by atoms with Crippen molar-refractivity contribution in [2.75, 3.05) is 11.9 Å². The molecule has 0 aliphatic heterocycles. The fourth-order valence-corrected chi connectivity index (χ4v) is 3.62. The Kier molecular flexibility index (Phi) is 6.68. The van der Waals surface area contributed by atoms with E-state index in [4.69, 9.17) is 4.74 Å². The molecule has 4 rings (SSSR count). The minimum atomic E-state index is -1.13. The molecule has 0 aliphatic rings. The third-order valence-electron chi connectivity index (χ3n) is 5.23. The molecular weight excluding hydrogens is 461 g/mol. The molecule has 0 aliphatic carbocycles. The monoisotopic (exact) mass is 480 g/mol. The van der Waals surface area contributed by atoms with Crippen LogP contribution >= 0.6 is 0 Å². The van der Waals surface area contributed by atoms with Gasteiger partial charge in [0, 0.05) is 28.9 Å². The van der Waals surface area contributed by atoms with Crippen LogP contribution in [-0.2, 0) is 11.3 Å². The predicted octanol–water partition coefficient (Wildman–Crippen LogP) is 4.69. The van der Waals surface area contributed by atoms with E-state index in [1.807, 2.05) is 6.92 Å². The van der Waals surface area contributed by atoms with Gasteiger partial charge in [-0.2, -0.15) is 0 Å². The Morgan fingerprint density at radius 3 is 2.37 bits per heavy atom. The van der Waals surface area contributed by atoms with Gasteiger partial charge < -0.3 is 14.6 Å². The highest BCUT2D eigenvalue weighted by Gasteiger charge is 2.19. The Labute approximate surface area is 197 Å². The lowest BCUT2D eigenvalue weighted by atomic mass is 10.0. The Balaban J connectivity index is 1.72. The van der Waals surface area contributed by atoms with Crippen LogP contribution in [0.25, 0.3) is 10.9 Å². The van der Waals surface area contributed by atoms with E-state index in [1.54, 1.807) is 12.1 Å². The molecule has 0 radical (unpaired) electrons. The molecule has 3 aromatic carbocycles. The van der Waals surface area contributed by atoms with Crippen LogP contribution < -0.4 is 15.5 Å². The van der Waals surface area contributed by atoms with Crippen molar-refractivity contribution in [2.24, 2.45) is 0 Å². The number of halogens is 3. The van der Waals surface area contributed by atoms with Gasteiger partial charge in [-0.15, -0.1) is 0 Å². The van der Waals surface area contributed by atoms with Crippen molar-refractivity contribution in [3.05, 3.63) is 106 Å². The lowest BCUT2D eigenvalue weighted by molar-refractivity contribution is -0.116. The quantitative estimate of drug-likeness (QED) is 0.390. The molecule has 9 heteroatoms. The SMILES string of the molecule is CCOc1ccc(C(=O)c2cn(CC(=O)Nc3ccc(F)c(F)c3)c3ccc(F)cc3c2=O)cc1. The van der Waals surface area contributed by atoms with E-state index in [1.165, 1.54) is 35.0 Å². The Morgan fingerprint density at radius 1 is 0.943 bits per heavy atom. The minimum Gasteiger partial charge on any atom is -0.494 e. The van der Waals surface area contributed by atoms with Crippen LogP contribution in [0.5, 0.6) is 5.75 Å². The van der Waals surface area contributed by atoms with Crippen molar-refractivity contribution in [3.8, 4) is 5.75 Å². The number of pyridine rings is 1. The van der Waals surface area contributed by atoms with Crippen LogP contribution in [0.15, 0.2) is 71.7 Å². The van der Waals surface area contributed by atoms with Crippen molar-refractivity contribution < 1.29 is 27.5 Å². The number of fused-ring (bicyclic) bond motifs is 1.